The van der Waals surface area contributed by atoms with Gasteiger partial charge in [0, 0.05) is 45.9 Å². The van der Waals surface area contributed by atoms with E-state index >= 15 is 0 Å². The van der Waals surface area contributed by atoms with Gasteiger partial charge in [0.2, 0.25) is 5.91 Å². The molecule has 184 valence electrons. The zero-order valence-corrected chi connectivity index (χ0v) is 18.8. The molecule has 2 N–H and O–H groups in total. The Morgan fingerprint density at radius 1 is 1.03 bits per heavy atom. The van der Waals surface area contributed by atoms with Crippen molar-refractivity contribution in [2.24, 2.45) is 0 Å². The minimum Gasteiger partial charge on any atom is -0.372 e. The van der Waals surface area contributed by atoms with E-state index in [0.717, 1.165) is 18.4 Å². The number of carbonyl (C=O) groups excluding carboxylic acids is 2. The van der Waals surface area contributed by atoms with Crippen LogP contribution in [-0.2, 0) is 16.1 Å². The lowest BCUT2D eigenvalue weighted by atomic mass is 9.95. The van der Waals surface area contributed by atoms with Crippen molar-refractivity contribution >= 4 is 11.9 Å². The van der Waals surface area contributed by atoms with Crippen molar-refractivity contribution in [1.29, 1.82) is 0 Å². The second-order valence-electron chi connectivity index (χ2n) is 8.74. The van der Waals surface area contributed by atoms with Gasteiger partial charge in [-0.2, -0.15) is 13.2 Å². The second kappa shape index (κ2) is 11.7. The molecule has 0 aromatic heterocycles. The van der Waals surface area contributed by atoms with Crippen LogP contribution in [0.4, 0.5) is 18.0 Å². The third-order valence-corrected chi connectivity index (χ3v) is 6.20. The third-order valence-electron chi connectivity index (χ3n) is 6.20. The number of nitrogens with one attached hydrogen (secondary N) is 2. The number of urea groups is 1. The summed E-state index contributed by atoms with van der Waals surface area (Å²) in [7, 11) is 0. The lowest BCUT2D eigenvalue weighted by Gasteiger charge is -2.40. The van der Waals surface area contributed by atoms with E-state index in [9.17, 15) is 22.8 Å². The van der Waals surface area contributed by atoms with Gasteiger partial charge >= 0.3 is 12.2 Å². The molecule has 33 heavy (non-hydrogen) atoms. The van der Waals surface area contributed by atoms with Gasteiger partial charge < -0.3 is 20.3 Å². The molecule has 1 aromatic carbocycles. The average molecular weight is 471 g/mol. The maximum atomic E-state index is 13.4. The highest BCUT2D eigenvalue weighted by Gasteiger charge is 2.45. The van der Waals surface area contributed by atoms with Crippen LogP contribution in [0.3, 0.4) is 0 Å². The Balaban J connectivity index is 1.43. The number of rotatable bonds is 9. The van der Waals surface area contributed by atoms with Gasteiger partial charge in [0.1, 0.15) is 12.1 Å². The Bertz CT molecular complexity index is 762. The van der Waals surface area contributed by atoms with Crippen LogP contribution in [0.1, 0.15) is 37.7 Å². The fraction of sp³-hybridized carbons (Fsp3) is 0.652. The highest BCUT2D eigenvalue weighted by molar-refractivity contribution is 5.91. The van der Waals surface area contributed by atoms with Gasteiger partial charge in [0.05, 0.1) is 0 Å². The number of amides is 3. The molecule has 7 nitrogen and oxygen atoms in total. The summed E-state index contributed by atoms with van der Waals surface area (Å²) in [5.41, 5.74) is 0.119. The molecule has 0 bridgehead atoms. The Morgan fingerprint density at radius 3 is 2.33 bits per heavy atom. The molecule has 0 radical (unpaired) electrons. The number of benzene rings is 1. The van der Waals surface area contributed by atoms with E-state index in [2.05, 4.69) is 20.3 Å². The van der Waals surface area contributed by atoms with E-state index < -0.39 is 18.3 Å². The molecule has 0 spiro atoms. The van der Waals surface area contributed by atoms with Crippen molar-refractivity contribution < 1.29 is 27.5 Å². The highest BCUT2D eigenvalue weighted by atomic mass is 19.4. The van der Waals surface area contributed by atoms with Gasteiger partial charge in [-0.25, -0.2) is 4.79 Å². The number of halogens is 3. The Morgan fingerprint density at radius 2 is 1.70 bits per heavy atom. The monoisotopic (exact) mass is 470 g/mol. The molecular formula is C23H33F3N4O3. The number of piperazine rings is 1. The van der Waals surface area contributed by atoms with E-state index in [4.69, 9.17) is 0 Å². The number of nitrogens with zero attached hydrogens (tertiary/aromatic N) is 2. The lowest BCUT2D eigenvalue weighted by molar-refractivity contribution is -0.174. The van der Waals surface area contributed by atoms with Crippen molar-refractivity contribution in [2.45, 2.75) is 50.4 Å². The van der Waals surface area contributed by atoms with Crippen LogP contribution in [0.25, 0.3) is 0 Å². The fourth-order valence-corrected chi connectivity index (χ4v) is 4.47. The SMILES string of the molecule is O=C(NCc1ccccc1)NC1(C(=O)N2CCN(CCCOCC(F)(F)F)CC2)CCCC1. The zero-order chi connectivity index (χ0) is 23.7. The smallest absolute Gasteiger partial charge is 0.372 e. The molecule has 1 saturated heterocycles. The van der Waals surface area contributed by atoms with Crippen molar-refractivity contribution in [3.05, 3.63) is 35.9 Å². The van der Waals surface area contributed by atoms with Gasteiger partial charge in [0.15, 0.2) is 0 Å². The molecule has 1 aromatic rings. The van der Waals surface area contributed by atoms with Gasteiger partial charge in [-0.05, 0) is 24.8 Å². The zero-order valence-electron chi connectivity index (χ0n) is 18.8. The second-order valence-corrected chi connectivity index (χ2v) is 8.74. The maximum Gasteiger partial charge on any atom is 0.411 e. The number of hydrogen-bond donors (Lipinski definition) is 2. The van der Waals surface area contributed by atoms with Crippen molar-refractivity contribution in [3.8, 4) is 0 Å². The molecule has 1 aliphatic carbocycles. The first-order valence-electron chi connectivity index (χ1n) is 11.5. The topological polar surface area (TPSA) is 73.9 Å². The summed E-state index contributed by atoms with van der Waals surface area (Å²) in [6.45, 7) is 2.25. The Labute approximate surface area is 192 Å². The van der Waals surface area contributed by atoms with E-state index in [1.54, 1.807) is 4.90 Å². The molecule has 10 heteroatoms. The van der Waals surface area contributed by atoms with Crippen LogP contribution in [0.15, 0.2) is 30.3 Å². The normalized spacial score (nSPS) is 18.8. The highest BCUT2D eigenvalue weighted by Crippen LogP contribution is 2.32. The first kappa shape index (κ1) is 25.3. The Hall–Kier alpha value is -2.33. The van der Waals surface area contributed by atoms with Gasteiger partial charge in [-0.1, -0.05) is 43.2 Å². The van der Waals surface area contributed by atoms with E-state index in [1.165, 1.54) is 0 Å². The fourth-order valence-electron chi connectivity index (χ4n) is 4.47. The molecule has 2 fully saturated rings. The third kappa shape index (κ3) is 7.89. The molecule has 3 amide bonds. The predicted molar refractivity (Wildman–Crippen MR) is 118 cm³/mol. The van der Waals surface area contributed by atoms with Crippen molar-refractivity contribution in [1.82, 2.24) is 20.4 Å². The number of carbonyl (C=O) groups is 2. The van der Waals surface area contributed by atoms with Gasteiger partial charge in [-0.3, -0.25) is 9.69 Å². The number of hydrogen-bond acceptors (Lipinski definition) is 4. The average Bonchev–Trinajstić information content (AvgIpc) is 3.27. The van der Waals surface area contributed by atoms with Crippen LogP contribution >= 0.6 is 0 Å². The number of alkyl halides is 3. The Kier molecular flexibility index (Phi) is 8.96. The first-order valence-corrected chi connectivity index (χ1v) is 11.5. The first-order chi connectivity index (χ1) is 15.8. The molecule has 1 saturated carbocycles. The molecular weight excluding hydrogens is 437 g/mol. The molecule has 1 heterocycles. The van der Waals surface area contributed by atoms with Gasteiger partial charge in [-0.15, -0.1) is 0 Å². The van der Waals surface area contributed by atoms with Crippen LogP contribution in [0, 0.1) is 0 Å². The summed E-state index contributed by atoms with van der Waals surface area (Å²) in [4.78, 5) is 29.9. The van der Waals surface area contributed by atoms with Gasteiger partial charge in [0.25, 0.3) is 0 Å². The van der Waals surface area contributed by atoms with E-state index in [1.807, 2.05) is 30.3 Å². The summed E-state index contributed by atoms with van der Waals surface area (Å²) in [6, 6.07) is 9.25. The standard InChI is InChI=1S/C23H33F3N4O3/c24-23(25,26)18-33-16-6-11-29-12-14-30(15-13-29)20(31)22(9-4-5-10-22)28-21(32)27-17-19-7-2-1-3-8-19/h1-3,7-8H,4-6,9-18H2,(H2,27,28,32). The quantitative estimate of drug-likeness (QED) is 0.545. The van der Waals surface area contributed by atoms with E-state index in [0.29, 0.717) is 58.5 Å². The lowest BCUT2D eigenvalue weighted by Crippen LogP contribution is -2.62. The molecule has 0 unspecified atom stereocenters. The van der Waals surface area contributed by atoms with Crippen LogP contribution in [-0.4, -0.2) is 79.4 Å². The van der Waals surface area contributed by atoms with Crippen molar-refractivity contribution in [3.63, 3.8) is 0 Å². The summed E-state index contributed by atoms with van der Waals surface area (Å²) >= 11 is 0. The molecule has 3 rings (SSSR count). The van der Waals surface area contributed by atoms with Crippen molar-refractivity contribution in [2.75, 3.05) is 45.9 Å². The minimum absolute atomic E-state index is 0.0389. The number of ether oxygens (including phenoxy) is 1. The molecule has 0 atom stereocenters. The molecule has 2 aliphatic rings. The van der Waals surface area contributed by atoms with E-state index in [-0.39, 0.29) is 18.5 Å². The largest absolute Gasteiger partial charge is 0.411 e. The minimum atomic E-state index is -4.30. The molecule has 1 aliphatic heterocycles. The summed E-state index contributed by atoms with van der Waals surface area (Å²) in [6.07, 6.45) is -0.750. The summed E-state index contributed by atoms with van der Waals surface area (Å²) in [5, 5.41) is 5.82. The summed E-state index contributed by atoms with van der Waals surface area (Å²) < 4.78 is 41.0. The summed E-state index contributed by atoms with van der Waals surface area (Å²) in [5.74, 6) is -0.0389. The van der Waals surface area contributed by atoms with Crippen LogP contribution in [0.5, 0.6) is 0 Å². The van der Waals surface area contributed by atoms with Crippen LogP contribution in [0.2, 0.25) is 0 Å². The predicted octanol–water partition coefficient (Wildman–Crippen LogP) is 2.91. The van der Waals surface area contributed by atoms with Crippen LogP contribution < -0.4 is 10.6 Å². The maximum absolute atomic E-state index is 13.4.